The van der Waals surface area contributed by atoms with E-state index < -0.39 is 0 Å². The van der Waals surface area contributed by atoms with Gasteiger partial charge in [0.05, 0.1) is 11.6 Å². The molecule has 0 fully saturated rings. The Kier molecular flexibility index (Phi) is 6.92. The molecule has 0 heterocycles. The van der Waals surface area contributed by atoms with Gasteiger partial charge in [-0.25, -0.2) is 0 Å². The van der Waals surface area contributed by atoms with Crippen molar-refractivity contribution < 1.29 is 19.0 Å². The van der Waals surface area contributed by atoms with Crippen molar-refractivity contribution in [3.05, 3.63) is 82.8 Å². The average Bonchev–Trinajstić information content (AvgIpc) is 2.72. The number of rotatable bonds is 8. The van der Waals surface area contributed by atoms with Crippen molar-refractivity contribution in [1.82, 2.24) is 0 Å². The summed E-state index contributed by atoms with van der Waals surface area (Å²) in [5, 5.41) is 2.87. The van der Waals surface area contributed by atoms with Gasteiger partial charge in [0, 0.05) is 17.3 Å². The zero-order valence-electron chi connectivity index (χ0n) is 15.4. The van der Waals surface area contributed by atoms with Gasteiger partial charge in [-0.3, -0.25) is 4.79 Å². The molecule has 0 atom stereocenters. The van der Waals surface area contributed by atoms with Gasteiger partial charge in [-0.15, -0.1) is 0 Å². The van der Waals surface area contributed by atoms with Crippen LogP contribution in [-0.2, 0) is 0 Å². The molecule has 1 amide bonds. The highest BCUT2D eigenvalue weighted by Crippen LogP contribution is 2.26. The lowest BCUT2D eigenvalue weighted by Gasteiger charge is -2.11. The largest absolute Gasteiger partial charge is 0.496 e. The van der Waals surface area contributed by atoms with Crippen molar-refractivity contribution in [1.29, 1.82) is 0 Å². The molecule has 28 heavy (non-hydrogen) atoms. The number of carbonyl (C=O) groups is 1. The van der Waals surface area contributed by atoms with Crippen LogP contribution < -0.4 is 19.5 Å². The van der Waals surface area contributed by atoms with Gasteiger partial charge in [-0.1, -0.05) is 24.3 Å². The number of benzene rings is 3. The Balaban J connectivity index is 1.54. The summed E-state index contributed by atoms with van der Waals surface area (Å²) < 4.78 is 17.2. The lowest BCUT2D eigenvalue weighted by Crippen LogP contribution is -2.12. The smallest absolute Gasteiger partial charge is 0.255 e. The number of hydrogen-bond acceptors (Lipinski definition) is 4. The summed E-state index contributed by atoms with van der Waals surface area (Å²) in [6, 6.07) is 22.0. The van der Waals surface area contributed by atoms with Gasteiger partial charge in [0.15, 0.2) is 0 Å². The summed E-state index contributed by atoms with van der Waals surface area (Å²) in [5.41, 5.74) is 1.17. The van der Waals surface area contributed by atoms with Crippen LogP contribution in [0.25, 0.3) is 0 Å². The standard InChI is InChI=1S/C22H20BrNO4/c1-26-21-11-10-16(14-20(21)23)22(25)24-17-6-5-9-19(15-17)28-13-12-27-18-7-3-2-4-8-18/h2-11,14-15H,12-13H2,1H3,(H,24,25). The van der Waals surface area contributed by atoms with Crippen molar-refractivity contribution in [2.24, 2.45) is 0 Å². The topological polar surface area (TPSA) is 56.8 Å². The Hall–Kier alpha value is -2.99. The Labute approximate surface area is 172 Å². The van der Waals surface area contributed by atoms with Crippen LogP contribution in [0.5, 0.6) is 17.2 Å². The molecular weight excluding hydrogens is 422 g/mol. The SMILES string of the molecule is COc1ccc(C(=O)Nc2cccc(OCCOc3ccccc3)c2)cc1Br. The molecule has 0 aliphatic rings. The molecule has 0 spiro atoms. The fraction of sp³-hybridized carbons (Fsp3) is 0.136. The number of halogens is 1. The van der Waals surface area contributed by atoms with Gasteiger partial charge < -0.3 is 19.5 Å². The highest BCUT2D eigenvalue weighted by Gasteiger charge is 2.10. The molecule has 1 N–H and O–H groups in total. The van der Waals surface area contributed by atoms with E-state index >= 15 is 0 Å². The van der Waals surface area contributed by atoms with Crippen LogP contribution in [0.3, 0.4) is 0 Å². The number of carbonyl (C=O) groups excluding carboxylic acids is 1. The van der Waals surface area contributed by atoms with Crippen LogP contribution in [-0.4, -0.2) is 26.2 Å². The number of methoxy groups -OCH3 is 1. The van der Waals surface area contributed by atoms with Crippen molar-refractivity contribution in [3.8, 4) is 17.2 Å². The van der Waals surface area contributed by atoms with Crippen LogP contribution in [0, 0.1) is 0 Å². The molecular formula is C22H20BrNO4. The van der Waals surface area contributed by atoms with Crippen LogP contribution in [0.2, 0.25) is 0 Å². The van der Waals surface area contributed by atoms with E-state index in [0.29, 0.717) is 36.0 Å². The van der Waals surface area contributed by atoms with E-state index in [4.69, 9.17) is 14.2 Å². The van der Waals surface area contributed by atoms with E-state index in [1.54, 1.807) is 31.4 Å². The molecule has 0 aromatic heterocycles. The Morgan fingerprint density at radius 2 is 1.61 bits per heavy atom. The molecule has 5 nitrogen and oxygen atoms in total. The summed E-state index contributed by atoms with van der Waals surface area (Å²) in [5.74, 6) is 1.92. The summed E-state index contributed by atoms with van der Waals surface area (Å²) in [6.07, 6.45) is 0. The number of nitrogens with one attached hydrogen (secondary N) is 1. The number of anilines is 1. The lowest BCUT2D eigenvalue weighted by molar-refractivity contribution is 0.102. The molecule has 3 rings (SSSR count). The third-order valence-electron chi connectivity index (χ3n) is 3.87. The van der Waals surface area contributed by atoms with Crippen molar-refractivity contribution in [3.63, 3.8) is 0 Å². The molecule has 0 saturated carbocycles. The molecule has 144 valence electrons. The minimum absolute atomic E-state index is 0.215. The maximum Gasteiger partial charge on any atom is 0.255 e. The van der Waals surface area contributed by atoms with Crippen molar-refractivity contribution in [2.45, 2.75) is 0 Å². The van der Waals surface area contributed by atoms with Gasteiger partial charge >= 0.3 is 0 Å². The van der Waals surface area contributed by atoms with Gasteiger partial charge in [0.2, 0.25) is 0 Å². The number of amides is 1. The van der Waals surface area contributed by atoms with Crippen LogP contribution in [0.4, 0.5) is 5.69 Å². The molecule has 3 aromatic rings. The minimum atomic E-state index is -0.215. The zero-order chi connectivity index (χ0) is 19.8. The molecule has 0 aliphatic heterocycles. The highest BCUT2D eigenvalue weighted by atomic mass is 79.9. The van der Waals surface area contributed by atoms with E-state index in [-0.39, 0.29) is 5.91 Å². The Morgan fingerprint density at radius 3 is 2.32 bits per heavy atom. The van der Waals surface area contributed by atoms with Gasteiger partial charge in [-0.2, -0.15) is 0 Å². The quantitative estimate of drug-likeness (QED) is 0.490. The second-order valence-corrected chi connectivity index (χ2v) is 6.70. The van der Waals surface area contributed by atoms with E-state index in [1.807, 2.05) is 48.5 Å². The van der Waals surface area contributed by atoms with Crippen LogP contribution in [0.15, 0.2) is 77.3 Å². The van der Waals surface area contributed by atoms with Crippen molar-refractivity contribution >= 4 is 27.5 Å². The first-order valence-electron chi connectivity index (χ1n) is 8.71. The first-order chi connectivity index (χ1) is 13.7. The minimum Gasteiger partial charge on any atom is -0.496 e. The summed E-state index contributed by atoms with van der Waals surface area (Å²) in [6.45, 7) is 0.832. The first-order valence-corrected chi connectivity index (χ1v) is 9.50. The second-order valence-electron chi connectivity index (χ2n) is 5.84. The average molecular weight is 442 g/mol. The summed E-state index contributed by atoms with van der Waals surface area (Å²) >= 11 is 3.39. The molecule has 0 aliphatic carbocycles. The predicted molar refractivity (Wildman–Crippen MR) is 113 cm³/mol. The van der Waals surface area contributed by atoms with E-state index in [1.165, 1.54) is 0 Å². The maximum absolute atomic E-state index is 12.5. The third kappa shape index (κ3) is 5.50. The van der Waals surface area contributed by atoms with E-state index in [0.717, 1.165) is 10.2 Å². The molecule has 0 saturated heterocycles. The lowest BCUT2D eigenvalue weighted by atomic mass is 10.2. The molecule has 0 bridgehead atoms. The normalized spacial score (nSPS) is 10.2. The van der Waals surface area contributed by atoms with Gasteiger partial charge in [-0.05, 0) is 58.4 Å². The molecule has 3 aromatic carbocycles. The predicted octanol–water partition coefficient (Wildman–Crippen LogP) is 5.17. The second kappa shape index (κ2) is 9.80. The highest BCUT2D eigenvalue weighted by molar-refractivity contribution is 9.10. The first kappa shape index (κ1) is 19.8. The zero-order valence-corrected chi connectivity index (χ0v) is 16.9. The number of ether oxygens (including phenoxy) is 3. The van der Waals surface area contributed by atoms with Crippen LogP contribution >= 0.6 is 15.9 Å². The Bertz CT molecular complexity index is 931. The van der Waals surface area contributed by atoms with Gasteiger partial charge in [0.1, 0.15) is 30.5 Å². The fourth-order valence-electron chi connectivity index (χ4n) is 2.51. The Morgan fingerprint density at radius 1 is 0.893 bits per heavy atom. The van der Waals surface area contributed by atoms with E-state index in [2.05, 4.69) is 21.2 Å². The molecule has 6 heteroatoms. The number of para-hydroxylation sites is 1. The fourth-order valence-corrected chi connectivity index (χ4v) is 3.05. The monoisotopic (exact) mass is 441 g/mol. The maximum atomic E-state index is 12.5. The van der Waals surface area contributed by atoms with Gasteiger partial charge in [0.25, 0.3) is 5.91 Å². The van der Waals surface area contributed by atoms with Crippen LogP contribution in [0.1, 0.15) is 10.4 Å². The van der Waals surface area contributed by atoms with E-state index in [9.17, 15) is 4.79 Å². The van der Waals surface area contributed by atoms with Crippen molar-refractivity contribution in [2.75, 3.05) is 25.6 Å². The summed E-state index contributed by atoms with van der Waals surface area (Å²) in [7, 11) is 1.58. The third-order valence-corrected chi connectivity index (χ3v) is 4.49. The molecule has 0 unspecified atom stereocenters. The number of hydrogen-bond donors (Lipinski definition) is 1. The summed E-state index contributed by atoms with van der Waals surface area (Å²) in [4.78, 5) is 12.5. The molecule has 0 radical (unpaired) electrons.